The topological polar surface area (TPSA) is 68.3 Å². The summed E-state index contributed by atoms with van der Waals surface area (Å²) >= 11 is 0. The highest BCUT2D eigenvalue weighted by Gasteiger charge is 2.14. The van der Waals surface area contributed by atoms with Crippen molar-refractivity contribution in [2.45, 2.75) is 24.7 Å². The molecule has 0 saturated carbocycles. The Hall–Kier alpha value is -2.60. The van der Waals surface area contributed by atoms with Gasteiger partial charge in [0.2, 0.25) is 0 Å². The third-order valence-corrected chi connectivity index (χ3v) is 5.14. The van der Waals surface area contributed by atoms with Gasteiger partial charge < -0.3 is 4.74 Å². The van der Waals surface area contributed by atoms with Crippen LogP contribution in [0.3, 0.4) is 0 Å². The average Bonchev–Trinajstić information content (AvgIpc) is 2.62. The number of pyridine rings is 1. The minimum Gasteiger partial charge on any atom is -0.494 e. The molecule has 0 amide bonds. The number of fused-ring (bicyclic) bond motifs is 1. The molecule has 0 aliphatic heterocycles. The zero-order valence-electron chi connectivity index (χ0n) is 14.0. The van der Waals surface area contributed by atoms with Gasteiger partial charge in [0.1, 0.15) is 5.75 Å². The quantitative estimate of drug-likeness (QED) is 0.644. The van der Waals surface area contributed by atoms with Gasteiger partial charge in [-0.05, 0) is 42.8 Å². The summed E-state index contributed by atoms with van der Waals surface area (Å²) in [6, 6.07) is 15.7. The summed E-state index contributed by atoms with van der Waals surface area (Å²) in [6.45, 7) is 2.72. The molecule has 6 heteroatoms. The standard InChI is InChI=1S/C19H20N2O3S/c1-2-3-12-24-17-8-10-18(11-9-17)25(22,23)21-16-13-15-6-4-5-7-19(15)20-14-16/h4-11,13-14,21H,2-3,12H2,1H3. The number of ether oxygens (including phenoxy) is 1. The Balaban J connectivity index is 1.76. The van der Waals surface area contributed by atoms with Crippen molar-refractivity contribution in [3.8, 4) is 5.75 Å². The molecule has 0 radical (unpaired) electrons. The van der Waals surface area contributed by atoms with Gasteiger partial charge in [-0.1, -0.05) is 31.5 Å². The van der Waals surface area contributed by atoms with Crippen molar-refractivity contribution in [1.29, 1.82) is 0 Å². The van der Waals surface area contributed by atoms with E-state index in [1.165, 1.54) is 18.3 Å². The number of hydrogen-bond donors (Lipinski definition) is 1. The Kier molecular flexibility index (Phi) is 5.19. The summed E-state index contributed by atoms with van der Waals surface area (Å²) in [7, 11) is -3.67. The van der Waals surface area contributed by atoms with Crippen molar-refractivity contribution in [2.24, 2.45) is 0 Å². The molecule has 2 aromatic carbocycles. The first kappa shape index (κ1) is 17.2. The zero-order valence-corrected chi connectivity index (χ0v) is 14.8. The summed E-state index contributed by atoms with van der Waals surface area (Å²) < 4.78 is 33.2. The second-order valence-electron chi connectivity index (χ2n) is 5.70. The van der Waals surface area contributed by atoms with Crippen LogP contribution in [0.25, 0.3) is 10.9 Å². The highest BCUT2D eigenvalue weighted by atomic mass is 32.2. The smallest absolute Gasteiger partial charge is 0.261 e. The molecule has 0 atom stereocenters. The molecule has 0 saturated heterocycles. The Bertz CT molecular complexity index is 954. The molecule has 1 aromatic heterocycles. The van der Waals surface area contributed by atoms with Gasteiger partial charge in [0.15, 0.2) is 0 Å². The normalized spacial score (nSPS) is 11.4. The van der Waals surface area contributed by atoms with Crippen LogP contribution in [0.2, 0.25) is 0 Å². The number of hydrogen-bond acceptors (Lipinski definition) is 4. The van der Waals surface area contributed by atoms with Crippen molar-refractivity contribution >= 4 is 26.6 Å². The second-order valence-corrected chi connectivity index (χ2v) is 7.38. The number of sulfonamides is 1. The highest BCUT2D eigenvalue weighted by Crippen LogP contribution is 2.21. The van der Waals surface area contributed by atoms with E-state index in [1.54, 1.807) is 18.2 Å². The van der Waals surface area contributed by atoms with Gasteiger partial charge in [-0.2, -0.15) is 0 Å². The van der Waals surface area contributed by atoms with Gasteiger partial charge in [-0.25, -0.2) is 8.42 Å². The number of benzene rings is 2. The maximum Gasteiger partial charge on any atom is 0.261 e. The van der Waals surface area contributed by atoms with Crippen LogP contribution in [0.4, 0.5) is 5.69 Å². The monoisotopic (exact) mass is 356 g/mol. The summed E-state index contributed by atoms with van der Waals surface area (Å²) in [5.74, 6) is 0.666. The van der Waals surface area contributed by atoms with Gasteiger partial charge in [0, 0.05) is 5.39 Å². The van der Waals surface area contributed by atoms with E-state index in [0.29, 0.717) is 18.0 Å². The van der Waals surface area contributed by atoms with E-state index in [2.05, 4.69) is 16.6 Å². The third kappa shape index (κ3) is 4.28. The molecule has 0 aliphatic carbocycles. The SMILES string of the molecule is CCCCOc1ccc(S(=O)(=O)Nc2cnc3ccccc3c2)cc1. The van der Waals surface area contributed by atoms with Crippen molar-refractivity contribution in [3.63, 3.8) is 0 Å². The molecule has 0 bridgehead atoms. The fourth-order valence-electron chi connectivity index (χ4n) is 2.39. The lowest BCUT2D eigenvalue weighted by atomic mass is 10.2. The molecular weight excluding hydrogens is 336 g/mol. The maximum absolute atomic E-state index is 12.5. The van der Waals surface area contributed by atoms with Gasteiger partial charge >= 0.3 is 0 Å². The predicted molar refractivity (Wildman–Crippen MR) is 99.4 cm³/mol. The Morgan fingerprint density at radius 1 is 1.08 bits per heavy atom. The van der Waals surface area contributed by atoms with Crippen LogP contribution >= 0.6 is 0 Å². The third-order valence-electron chi connectivity index (χ3n) is 3.74. The molecule has 0 unspecified atom stereocenters. The van der Waals surface area contributed by atoms with E-state index < -0.39 is 10.0 Å². The Labute approximate surface area is 147 Å². The van der Waals surface area contributed by atoms with Crippen molar-refractivity contribution in [3.05, 3.63) is 60.8 Å². The van der Waals surface area contributed by atoms with E-state index in [1.807, 2.05) is 24.3 Å². The first-order chi connectivity index (χ1) is 12.1. The molecule has 1 N–H and O–H groups in total. The van der Waals surface area contributed by atoms with Gasteiger partial charge in [0.05, 0.1) is 28.9 Å². The molecule has 3 rings (SSSR count). The fraction of sp³-hybridized carbons (Fsp3) is 0.211. The minimum absolute atomic E-state index is 0.184. The Morgan fingerprint density at radius 2 is 1.84 bits per heavy atom. The number of unbranched alkanes of at least 4 members (excludes halogenated alkanes) is 1. The Morgan fingerprint density at radius 3 is 2.60 bits per heavy atom. The van der Waals surface area contributed by atoms with Gasteiger partial charge in [-0.15, -0.1) is 0 Å². The largest absolute Gasteiger partial charge is 0.494 e. The van der Waals surface area contributed by atoms with Crippen LogP contribution in [0.1, 0.15) is 19.8 Å². The van der Waals surface area contributed by atoms with Crippen molar-refractivity contribution in [1.82, 2.24) is 4.98 Å². The highest BCUT2D eigenvalue weighted by molar-refractivity contribution is 7.92. The molecule has 0 spiro atoms. The molecule has 5 nitrogen and oxygen atoms in total. The van der Waals surface area contributed by atoms with Crippen LogP contribution in [0, 0.1) is 0 Å². The minimum atomic E-state index is -3.67. The second kappa shape index (κ2) is 7.53. The molecule has 3 aromatic rings. The predicted octanol–water partition coefficient (Wildman–Crippen LogP) is 4.21. The average molecular weight is 356 g/mol. The van der Waals surface area contributed by atoms with E-state index in [-0.39, 0.29) is 4.90 Å². The van der Waals surface area contributed by atoms with E-state index in [9.17, 15) is 8.42 Å². The lowest BCUT2D eigenvalue weighted by Gasteiger charge is -2.10. The molecular formula is C19H20N2O3S. The zero-order chi connectivity index (χ0) is 17.7. The lowest BCUT2D eigenvalue weighted by Crippen LogP contribution is -2.13. The number of nitrogens with zero attached hydrogens (tertiary/aromatic N) is 1. The van der Waals surface area contributed by atoms with E-state index in [0.717, 1.165) is 23.7 Å². The number of aromatic nitrogens is 1. The van der Waals surface area contributed by atoms with Crippen molar-refractivity contribution < 1.29 is 13.2 Å². The first-order valence-electron chi connectivity index (χ1n) is 8.19. The van der Waals surface area contributed by atoms with Crippen LogP contribution < -0.4 is 9.46 Å². The van der Waals surface area contributed by atoms with Crippen LogP contribution in [0.15, 0.2) is 65.7 Å². The summed E-state index contributed by atoms with van der Waals surface area (Å²) in [6.07, 6.45) is 3.54. The van der Waals surface area contributed by atoms with Gasteiger partial charge in [-0.3, -0.25) is 9.71 Å². The van der Waals surface area contributed by atoms with E-state index in [4.69, 9.17) is 4.74 Å². The molecule has 25 heavy (non-hydrogen) atoms. The van der Waals surface area contributed by atoms with Crippen LogP contribution in [-0.4, -0.2) is 20.0 Å². The maximum atomic E-state index is 12.5. The van der Waals surface area contributed by atoms with Gasteiger partial charge in [0.25, 0.3) is 10.0 Å². The number of rotatable bonds is 7. The van der Waals surface area contributed by atoms with Crippen molar-refractivity contribution in [2.75, 3.05) is 11.3 Å². The fourth-order valence-corrected chi connectivity index (χ4v) is 3.42. The lowest BCUT2D eigenvalue weighted by molar-refractivity contribution is 0.309. The summed E-state index contributed by atoms with van der Waals surface area (Å²) in [5, 5.41) is 0.877. The molecule has 0 aliphatic rings. The first-order valence-corrected chi connectivity index (χ1v) is 9.67. The number of nitrogens with one attached hydrogen (secondary N) is 1. The number of para-hydroxylation sites is 1. The summed E-state index contributed by atoms with van der Waals surface area (Å²) in [5.41, 5.74) is 1.25. The molecule has 130 valence electrons. The van der Waals surface area contributed by atoms with E-state index >= 15 is 0 Å². The molecule has 1 heterocycles. The number of anilines is 1. The van der Waals surface area contributed by atoms with Crippen LogP contribution in [0.5, 0.6) is 5.75 Å². The molecule has 0 fully saturated rings. The van der Waals surface area contributed by atoms with Crippen LogP contribution in [-0.2, 0) is 10.0 Å². The summed E-state index contributed by atoms with van der Waals surface area (Å²) in [4.78, 5) is 4.45.